The summed E-state index contributed by atoms with van der Waals surface area (Å²) >= 11 is 0. The van der Waals surface area contributed by atoms with Crippen LogP contribution in [0.15, 0.2) is 24.1 Å². The number of nitrogens with one attached hydrogen (secondary N) is 2. The number of nitrogens with two attached hydrogens (primary N) is 2. The van der Waals surface area contributed by atoms with E-state index in [2.05, 4.69) is 53.4 Å². The summed E-state index contributed by atoms with van der Waals surface area (Å²) in [5.74, 6) is 0. The van der Waals surface area contributed by atoms with Crippen LogP contribution < -0.4 is 20.7 Å². The molecule has 1 aliphatic heterocycles. The predicted octanol–water partition coefficient (Wildman–Crippen LogP) is 3.10. The summed E-state index contributed by atoms with van der Waals surface area (Å²) in [5.41, 5.74) is 45.5. The second-order valence-corrected chi connectivity index (χ2v) is 10.7. The van der Waals surface area contributed by atoms with Crippen molar-refractivity contribution in [3.05, 3.63) is 41.8 Å². The minimum atomic E-state index is -3.97. The Bertz CT molecular complexity index is 598. The van der Waals surface area contributed by atoms with Gasteiger partial charge in [0.05, 0.1) is 0 Å². The molecule has 0 atom stereocenters. The molecule has 0 saturated carbocycles. The van der Waals surface area contributed by atoms with Gasteiger partial charge in [0.2, 0.25) is 0 Å². The molecule has 0 spiro atoms. The summed E-state index contributed by atoms with van der Waals surface area (Å²) in [6.45, 7) is 0. The molecular weight excluding hydrogens is 331 g/mol. The molecule has 6 N–H and O–H groups in total. The van der Waals surface area contributed by atoms with E-state index in [1.54, 1.807) is 0 Å². The molecule has 108 valence electrons. The van der Waals surface area contributed by atoms with Crippen LogP contribution in [0.5, 0.6) is 0 Å². The maximum absolute atomic E-state index is 8.55. The first-order chi connectivity index (χ1) is 9.36. The van der Waals surface area contributed by atoms with E-state index < -0.39 is 23.2 Å². The number of azide groups is 2. The van der Waals surface area contributed by atoms with Crippen LogP contribution in [0.1, 0.15) is 0 Å². The van der Waals surface area contributed by atoms with Crippen molar-refractivity contribution in [2.45, 2.75) is 0 Å². The van der Waals surface area contributed by atoms with Gasteiger partial charge in [0.15, 0.2) is 0 Å². The van der Waals surface area contributed by atoms with E-state index in [9.17, 15) is 0 Å². The molecule has 0 unspecified atom stereocenters. The van der Waals surface area contributed by atoms with E-state index in [0.717, 1.165) is 0 Å². The fourth-order valence-electron chi connectivity index (χ4n) is 1.27. The van der Waals surface area contributed by atoms with Gasteiger partial charge >= 0.3 is 110 Å². The molecule has 0 aliphatic carbocycles. The summed E-state index contributed by atoms with van der Waals surface area (Å²) in [7, 11) is -11.2. The fraction of sp³-hybridized carbons (Fsp3) is 0. The quantitative estimate of drug-likeness (QED) is 0.259. The van der Waals surface area contributed by atoms with Gasteiger partial charge in [-0.2, -0.15) is 0 Å². The molecule has 0 aromatic rings. The molecule has 20 heteroatoms. The van der Waals surface area contributed by atoms with Crippen LogP contribution in [-0.4, -0.2) is 0 Å². The molecule has 0 saturated heterocycles. The first-order valence-corrected chi connectivity index (χ1v) is 10.0. The number of hydrogen-bond donors (Lipinski definition) is 4. The number of nitrogens with zero attached hydrogens (tertiary/aromatic N) is 13. The van der Waals surface area contributed by atoms with Gasteiger partial charge in [-0.25, -0.2) is 0 Å². The molecule has 1 rings (SSSR count). The molecule has 0 amide bonds. The third-order valence-corrected chi connectivity index (χ3v) is 11.1. The normalized spacial score (nSPS) is 23.9. The molecule has 1 heterocycles. The van der Waals surface area contributed by atoms with Crippen LogP contribution in [0.3, 0.4) is 0 Å². The predicted molar refractivity (Wildman–Crippen MR) is 77.2 cm³/mol. The topological polar surface area (TPSA) is 283 Å². The third-order valence-electron chi connectivity index (χ3n) is 1.73. The number of rotatable bonds is 4. The summed E-state index contributed by atoms with van der Waals surface area (Å²) in [6.07, 6.45) is 0. The van der Waals surface area contributed by atoms with Crippen LogP contribution in [0.2, 0.25) is 0 Å². The fourth-order valence-corrected chi connectivity index (χ4v) is 11.1. The van der Waals surface area contributed by atoms with Crippen molar-refractivity contribution < 1.29 is 0 Å². The molecule has 0 aromatic carbocycles. The zero-order valence-electron chi connectivity index (χ0n) is 9.42. The van der Waals surface area contributed by atoms with Crippen LogP contribution in [-0.2, 0) is 0 Å². The van der Waals surface area contributed by atoms with Gasteiger partial charge in [-0.3, -0.25) is 0 Å². The SMILES string of the molecule is [N-]=[N+]=N[PH]1(N=[N+]=[N-])N=P(N)(N)N[PH](N=[N+]=[N-])(N=[N+]=[N-])N1. The molecular formula is H8N17P3. The first kappa shape index (κ1) is 16.2. The Labute approximate surface area is 110 Å². The monoisotopic (exact) mass is 339 g/mol. The molecule has 0 fully saturated rings. The summed E-state index contributed by atoms with van der Waals surface area (Å²) < 4.78 is 3.80. The Kier molecular flexibility index (Phi) is 4.93. The maximum atomic E-state index is 8.55. The average molecular weight is 339 g/mol. The van der Waals surface area contributed by atoms with E-state index in [-0.39, 0.29) is 0 Å². The molecule has 1 aliphatic rings. The van der Waals surface area contributed by atoms with Crippen molar-refractivity contribution in [3.63, 3.8) is 0 Å². The van der Waals surface area contributed by atoms with E-state index in [4.69, 9.17) is 33.1 Å². The average Bonchev–Trinajstić information content (AvgIpc) is 2.27. The Morgan fingerprint density at radius 3 is 1.75 bits per heavy atom. The summed E-state index contributed by atoms with van der Waals surface area (Å²) in [4.78, 5) is 28.1. The van der Waals surface area contributed by atoms with Gasteiger partial charge in [0.25, 0.3) is 0 Å². The zero-order valence-corrected chi connectivity index (χ0v) is 12.3. The van der Waals surface area contributed by atoms with Gasteiger partial charge in [0.1, 0.15) is 0 Å². The van der Waals surface area contributed by atoms with Crippen molar-refractivity contribution in [1.82, 2.24) is 9.72 Å². The third kappa shape index (κ3) is 3.60. The summed E-state index contributed by atoms with van der Waals surface area (Å²) in [6, 6.07) is 0. The first-order valence-electron chi connectivity index (χ1n) is 4.41. The van der Waals surface area contributed by atoms with Gasteiger partial charge in [-0.1, -0.05) is 0 Å². The van der Waals surface area contributed by atoms with Gasteiger partial charge < -0.3 is 0 Å². The molecule has 20 heavy (non-hydrogen) atoms. The van der Waals surface area contributed by atoms with Gasteiger partial charge in [-0.15, -0.1) is 0 Å². The van der Waals surface area contributed by atoms with Crippen molar-refractivity contribution in [2.24, 2.45) is 35.1 Å². The van der Waals surface area contributed by atoms with Crippen molar-refractivity contribution in [3.8, 4) is 0 Å². The molecule has 0 aromatic heterocycles. The van der Waals surface area contributed by atoms with Gasteiger partial charge in [0, 0.05) is 0 Å². The van der Waals surface area contributed by atoms with Crippen LogP contribution in [0.4, 0.5) is 0 Å². The van der Waals surface area contributed by atoms with E-state index >= 15 is 0 Å². The zero-order chi connectivity index (χ0) is 15.3. The standard InChI is InChI=1S/H8N17P3/c1-7-11-19(12-8-2)15-18(5,6)16-20(17-19,13-9-3)14-10-4/h15,17,19-20H,5-6H2. The van der Waals surface area contributed by atoms with Crippen LogP contribution >= 0.6 is 23.2 Å². The van der Waals surface area contributed by atoms with E-state index in [1.807, 2.05) is 0 Å². The molecule has 0 radical (unpaired) electrons. The van der Waals surface area contributed by atoms with Crippen LogP contribution in [0, 0.1) is 0 Å². The van der Waals surface area contributed by atoms with E-state index in [1.165, 1.54) is 0 Å². The Morgan fingerprint density at radius 2 is 1.35 bits per heavy atom. The van der Waals surface area contributed by atoms with E-state index in [0.29, 0.717) is 0 Å². The van der Waals surface area contributed by atoms with Crippen molar-refractivity contribution in [2.75, 3.05) is 0 Å². The summed E-state index contributed by atoms with van der Waals surface area (Å²) in [5, 5.41) is 0. The van der Waals surface area contributed by atoms with Crippen molar-refractivity contribution in [1.29, 1.82) is 0 Å². The van der Waals surface area contributed by atoms with Crippen LogP contribution in [0.25, 0.3) is 41.8 Å². The Morgan fingerprint density at radius 1 is 0.900 bits per heavy atom. The minimum absolute atomic E-state index is 2.43. The second kappa shape index (κ2) is 6.08. The van der Waals surface area contributed by atoms with Gasteiger partial charge in [-0.05, 0) is 0 Å². The second-order valence-electron chi connectivity index (χ2n) is 3.14. The van der Waals surface area contributed by atoms with Crippen molar-refractivity contribution >= 4 is 23.2 Å². The number of hydrogen-bond acceptors (Lipinski definition) is 9. The Hall–Kier alpha value is -1.83. The molecule has 17 nitrogen and oxygen atoms in total. The molecule has 0 bridgehead atoms. The Balaban J connectivity index is 3.65.